The highest BCUT2D eigenvalue weighted by atomic mass is 16.5. The highest BCUT2D eigenvalue weighted by Crippen LogP contribution is 2.28. The largest absolute Gasteiger partial charge is 0.497 e. The van der Waals surface area contributed by atoms with Crippen molar-refractivity contribution in [1.29, 1.82) is 0 Å². The summed E-state index contributed by atoms with van der Waals surface area (Å²) in [6, 6.07) is 5.39. The van der Waals surface area contributed by atoms with E-state index in [0.29, 0.717) is 30.0 Å². The highest BCUT2D eigenvalue weighted by molar-refractivity contribution is 5.89. The van der Waals surface area contributed by atoms with E-state index in [-0.39, 0.29) is 5.56 Å². The van der Waals surface area contributed by atoms with Crippen LogP contribution in [-0.4, -0.2) is 25.3 Å². The average molecular weight is 262 g/mol. The van der Waals surface area contributed by atoms with E-state index < -0.39 is 0 Å². The number of fused-ring (bicyclic) bond motifs is 1. The lowest BCUT2D eigenvalue weighted by Gasteiger charge is -2.11. The molecule has 0 amide bonds. The number of rotatable bonds is 5. The molecular weight excluding hydrogens is 244 g/mol. The maximum atomic E-state index is 12.4. The monoisotopic (exact) mass is 262 g/mol. The number of nitrogens with two attached hydrogens (primary N) is 1. The first kappa shape index (κ1) is 13.4. The maximum absolute atomic E-state index is 12.4. The van der Waals surface area contributed by atoms with Gasteiger partial charge in [0.1, 0.15) is 11.5 Å². The van der Waals surface area contributed by atoms with Crippen LogP contribution in [0.4, 0.5) is 0 Å². The molecule has 2 N–H and O–H groups in total. The number of nitrogens with zero attached hydrogens (tertiary/aromatic N) is 1. The molecular formula is C14H18N2O3. The minimum atomic E-state index is -0.0526. The number of aromatic nitrogens is 1. The fourth-order valence-electron chi connectivity index (χ4n) is 2.06. The molecule has 0 saturated heterocycles. The van der Waals surface area contributed by atoms with Crippen molar-refractivity contribution in [2.75, 3.05) is 20.8 Å². The summed E-state index contributed by atoms with van der Waals surface area (Å²) in [6.45, 7) is 1.18. The molecule has 0 radical (unpaired) electrons. The predicted octanol–water partition coefficient (Wildman–Crippen LogP) is 1.37. The van der Waals surface area contributed by atoms with Crippen LogP contribution in [0.3, 0.4) is 0 Å². The summed E-state index contributed by atoms with van der Waals surface area (Å²) in [7, 11) is 3.14. The molecule has 19 heavy (non-hydrogen) atoms. The third kappa shape index (κ3) is 2.56. The second kappa shape index (κ2) is 5.75. The van der Waals surface area contributed by atoms with Gasteiger partial charge in [0.15, 0.2) is 0 Å². The van der Waals surface area contributed by atoms with Gasteiger partial charge in [-0.15, -0.1) is 0 Å². The van der Waals surface area contributed by atoms with Crippen molar-refractivity contribution in [3.05, 3.63) is 34.7 Å². The molecule has 1 heterocycles. The van der Waals surface area contributed by atoms with Gasteiger partial charge in [-0.2, -0.15) is 0 Å². The summed E-state index contributed by atoms with van der Waals surface area (Å²) in [4.78, 5) is 12.4. The first-order valence-corrected chi connectivity index (χ1v) is 6.16. The Kier molecular flexibility index (Phi) is 4.06. The zero-order valence-corrected chi connectivity index (χ0v) is 11.2. The van der Waals surface area contributed by atoms with Crippen molar-refractivity contribution in [2.45, 2.75) is 13.0 Å². The smallest absolute Gasteiger partial charge is 0.258 e. The average Bonchev–Trinajstić information content (AvgIpc) is 2.45. The molecule has 5 nitrogen and oxygen atoms in total. The number of aryl methyl sites for hydroxylation is 1. The normalized spacial score (nSPS) is 10.7. The van der Waals surface area contributed by atoms with E-state index in [0.717, 1.165) is 11.8 Å². The van der Waals surface area contributed by atoms with Crippen molar-refractivity contribution in [1.82, 2.24) is 4.57 Å². The van der Waals surface area contributed by atoms with E-state index in [4.69, 9.17) is 15.2 Å². The van der Waals surface area contributed by atoms with Gasteiger partial charge >= 0.3 is 0 Å². The Morgan fingerprint density at radius 2 is 2.00 bits per heavy atom. The number of benzene rings is 1. The number of methoxy groups -OCH3 is 2. The second-order valence-electron chi connectivity index (χ2n) is 4.25. The molecule has 0 fully saturated rings. The van der Waals surface area contributed by atoms with E-state index in [1.165, 1.54) is 0 Å². The Bertz CT molecular complexity index is 634. The zero-order valence-electron chi connectivity index (χ0n) is 11.2. The van der Waals surface area contributed by atoms with Gasteiger partial charge in [0, 0.05) is 24.2 Å². The molecule has 2 rings (SSSR count). The Balaban J connectivity index is 2.63. The van der Waals surface area contributed by atoms with Gasteiger partial charge in [0.25, 0.3) is 5.56 Å². The van der Waals surface area contributed by atoms with Gasteiger partial charge in [-0.3, -0.25) is 4.79 Å². The van der Waals surface area contributed by atoms with Crippen molar-refractivity contribution >= 4 is 10.8 Å². The zero-order chi connectivity index (χ0) is 13.8. The molecule has 0 aliphatic carbocycles. The lowest BCUT2D eigenvalue weighted by Crippen LogP contribution is -2.21. The van der Waals surface area contributed by atoms with Crippen LogP contribution in [0.2, 0.25) is 0 Å². The Morgan fingerprint density at radius 3 is 2.63 bits per heavy atom. The quantitative estimate of drug-likeness (QED) is 0.883. The summed E-state index contributed by atoms with van der Waals surface area (Å²) >= 11 is 0. The number of hydrogen-bond donors (Lipinski definition) is 1. The molecule has 5 heteroatoms. The van der Waals surface area contributed by atoms with E-state index >= 15 is 0 Å². The lowest BCUT2D eigenvalue weighted by molar-refractivity contribution is 0.398. The number of pyridine rings is 1. The van der Waals surface area contributed by atoms with Gasteiger partial charge in [-0.1, -0.05) is 0 Å². The van der Waals surface area contributed by atoms with Crippen molar-refractivity contribution in [2.24, 2.45) is 5.73 Å². The summed E-state index contributed by atoms with van der Waals surface area (Å²) in [6.07, 6.45) is 2.54. The van der Waals surface area contributed by atoms with Crippen LogP contribution in [-0.2, 0) is 6.54 Å². The van der Waals surface area contributed by atoms with Crippen LogP contribution < -0.4 is 20.8 Å². The molecule has 0 unspecified atom stereocenters. The Labute approximate surface area is 111 Å². The van der Waals surface area contributed by atoms with Crippen molar-refractivity contribution in [3.63, 3.8) is 0 Å². The molecule has 0 saturated carbocycles. The van der Waals surface area contributed by atoms with Crippen LogP contribution in [0, 0.1) is 0 Å². The van der Waals surface area contributed by atoms with Gasteiger partial charge in [-0.05, 0) is 25.1 Å². The first-order valence-electron chi connectivity index (χ1n) is 6.16. The molecule has 0 bridgehead atoms. The maximum Gasteiger partial charge on any atom is 0.258 e. The van der Waals surface area contributed by atoms with E-state index in [1.807, 2.05) is 6.07 Å². The molecule has 1 aromatic heterocycles. The van der Waals surface area contributed by atoms with E-state index in [1.54, 1.807) is 37.1 Å². The topological polar surface area (TPSA) is 66.5 Å². The van der Waals surface area contributed by atoms with Crippen LogP contribution in [0.25, 0.3) is 10.8 Å². The van der Waals surface area contributed by atoms with Crippen LogP contribution >= 0.6 is 0 Å². The first-order chi connectivity index (χ1) is 9.21. The van der Waals surface area contributed by atoms with Crippen molar-refractivity contribution in [3.8, 4) is 11.5 Å². The highest BCUT2D eigenvalue weighted by Gasteiger charge is 2.09. The predicted molar refractivity (Wildman–Crippen MR) is 75.0 cm³/mol. The molecule has 102 valence electrons. The van der Waals surface area contributed by atoms with Gasteiger partial charge in [-0.25, -0.2) is 0 Å². The SMILES string of the molecule is COc1cc(OC)c2ccn(CCCN)c(=O)c2c1. The lowest BCUT2D eigenvalue weighted by atomic mass is 10.1. The minimum absolute atomic E-state index is 0.0526. The number of hydrogen-bond acceptors (Lipinski definition) is 4. The van der Waals surface area contributed by atoms with Gasteiger partial charge < -0.3 is 19.8 Å². The molecule has 0 aliphatic rings. The second-order valence-corrected chi connectivity index (χ2v) is 4.25. The minimum Gasteiger partial charge on any atom is -0.497 e. The fourth-order valence-corrected chi connectivity index (χ4v) is 2.06. The third-order valence-electron chi connectivity index (χ3n) is 3.09. The molecule has 1 aromatic carbocycles. The van der Waals surface area contributed by atoms with Gasteiger partial charge in [0.2, 0.25) is 0 Å². The Hall–Kier alpha value is -2.01. The Morgan fingerprint density at radius 1 is 1.21 bits per heavy atom. The van der Waals surface area contributed by atoms with Crippen molar-refractivity contribution < 1.29 is 9.47 Å². The van der Waals surface area contributed by atoms with Crippen LogP contribution in [0.5, 0.6) is 11.5 Å². The van der Waals surface area contributed by atoms with Crippen LogP contribution in [0.1, 0.15) is 6.42 Å². The summed E-state index contributed by atoms with van der Waals surface area (Å²) < 4.78 is 12.2. The fraction of sp³-hybridized carbons (Fsp3) is 0.357. The summed E-state index contributed by atoms with van der Waals surface area (Å²) in [5, 5.41) is 1.38. The molecule has 2 aromatic rings. The summed E-state index contributed by atoms with van der Waals surface area (Å²) in [5.41, 5.74) is 5.42. The van der Waals surface area contributed by atoms with E-state index in [9.17, 15) is 4.79 Å². The number of ether oxygens (including phenoxy) is 2. The third-order valence-corrected chi connectivity index (χ3v) is 3.09. The van der Waals surface area contributed by atoms with Crippen LogP contribution in [0.15, 0.2) is 29.2 Å². The molecule has 0 spiro atoms. The standard InChI is InChI=1S/C14H18N2O3/c1-18-10-8-12-11(13(9-10)19-2)4-7-16(14(12)17)6-3-5-15/h4,7-9H,3,5-6,15H2,1-2H3. The molecule has 0 aliphatic heterocycles. The van der Waals surface area contributed by atoms with Gasteiger partial charge in [0.05, 0.1) is 19.6 Å². The van der Waals surface area contributed by atoms with E-state index in [2.05, 4.69) is 0 Å². The molecule has 0 atom stereocenters. The summed E-state index contributed by atoms with van der Waals surface area (Å²) in [5.74, 6) is 1.25.